The van der Waals surface area contributed by atoms with Gasteiger partial charge in [0.1, 0.15) is 0 Å². The summed E-state index contributed by atoms with van der Waals surface area (Å²) in [5, 5.41) is 0. The lowest BCUT2D eigenvalue weighted by Gasteiger charge is -2.05. The van der Waals surface area contributed by atoms with Gasteiger partial charge in [-0.2, -0.15) is 0 Å². The third kappa shape index (κ3) is 2.55. The molecule has 84 valence electrons. The van der Waals surface area contributed by atoms with Gasteiger partial charge in [-0.3, -0.25) is 0 Å². The molecule has 0 amide bonds. The summed E-state index contributed by atoms with van der Waals surface area (Å²) >= 11 is 0. The number of cyclic esters (lactones) is 1. The second-order valence-corrected chi connectivity index (χ2v) is 4.21. The first-order valence-electron chi connectivity index (χ1n) is 5.85. The highest BCUT2D eigenvalue weighted by Crippen LogP contribution is 2.19. The Bertz CT molecular complexity index is 416. The van der Waals surface area contributed by atoms with Gasteiger partial charge < -0.3 is 4.74 Å². The van der Waals surface area contributed by atoms with Gasteiger partial charge in [-0.15, -0.1) is 0 Å². The second kappa shape index (κ2) is 5.03. The molecular weight excluding hydrogens is 200 g/mol. The van der Waals surface area contributed by atoms with Gasteiger partial charge in [-0.25, -0.2) is 4.79 Å². The highest BCUT2D eigenvalue weighted by Gasteiger charge is 2.20. The third-order valence-electron chi connectivity index (χ3n) is 2.99. The fourth-order valence-electron chi connectivity index (χ4n) is 1.98. The molecule has 1 saturated heterocycles. The molecule has 2 rings (SSSR count). The van der Waals surface area contributed by atoms with E-state index in [2.05, 4.69) is 17.9 Å². The predicted octanol–water partition coefficient (Wildman–Crippen LogP) is 2.75. The Labute approximate surface area is 96.4 Å². The van der Waals surface area contributed by atoms with E-state index < -0.39 is 0 Å². The Morgan fingerprint density at radius 2 is 2.25 bits per heavy atom. The molecule has 0 unspecified atom stereocenters. The van der Waals surface area contributed by atoms with Crippen molar-refractivity contribution in [3.63, 3.8) is 0 Å². The van der Waals surface area contributed by atoms with Crippen LogP contribution in [0.3, 0.4) is 0 Å². The van der Waals surface area contributed by atoms with Crippen LogP contribution in [0.4, 0.5) is 0 Å². The van der Waals surface area contributed by atoms with Crippen molar-refractivity contribution in [3.05, 3.63) is 22.8 Å². The molecule has 0 aromatic heterocycles. The number of carbonyl (C=O) groups is 1. The smallest absolute Gasteiger partial charge is 0.335 e. The van der Waals surface area contributed by atoms with Crippen molar-refractivity contribution < 1.29 is 9.53 Å². The summed E-state index contributed by atoms with van der Waals surface area (Å²) in [5.74, 6) is 6.06. The van der Waals surface area contributed by atoms with E-state index in [9.17, 15) is 4.79 Å². The summed E-state index contributed by atoms with van der Waals surface area (Å²) < 4.78 is 4.90. The van der Waals surface area contributed by atoms with E-state index in [1.165, 1.54) is 18.4 Å². The van der Waals surface area contributed by atoms with Crippen molar-refractivity contribution in [1.82, 2.24) is 0 Å². The summed E-state index contributed by atoms with van der Waals surface area (Å²) in [4.78, 5) is 11.3. The zero-order chi connectivity index (χ0) is 11.4. The summed E-state index contributed by atoms with van der Waals surface area (Å²) in [6.07, 6.45) is 7.65. The first-order chi connectivity index (χ1) is 7.77. The van der Waals surface area contributed by atoms with E-state index in [1.807, 2.05) is 6.92 Å². The average Bonchev–Trinajstić information content (AvgIpc) is 2.74. The Hall–Kier alpha value is -1.49. The molecule has 2 aliphatic rings. The second-order valence-electron chi connectivity index (χ2n) is 4.21. The maximum absolute atomic E-state index is 11.3. The maximum Gasteiger partial charge on any atom is 0.335 e. The SMILES string of the molecule is C/C(C#CC1=CCCCC1)=C1/CCOC1=O. The minimum atomic E-state index is -0.190. The van der Waals surface area contributed by atoms with E-state index in [0.29, 0.717) is 13.0 Å². The fraction of sp³-hybridized carbons (Fsp3) is 0.500. The topological polar surface area (TPSA) is 26.3 Å². The first kappa shape index (κ1) is 11.0. The number of ether oxygens (including phenoxy) is 1. The van der Waals surface area contributed by atoms with Crippen LogP contribution in [-0.2, 0) is 9.53 Å². The summed E-state index contributed by atoms with van der Waals surface area (Å²) in [6.45, 7) is 2.41. The lowest BCUT2D eigenvalue weighted by Crippen LogP contribution is -1.97. The van der Waals surface area contributed by atoms with Crippen molar-refractivity contribution in [2.45, 2.75) is 39.0 Å². The molecule has 0 atom stereocenters. The highest BCUT2D eigenvalue weighted by atomic mass is 16.5. The third-order valence-corrected chi connectivity index (χ3v) is 2.99. The quantitative estimate of drug-likeness (QED) is 0.353. The monoisotopic (exact) mass is 216 g/mol. The van der Waals surface area contributed by atoms with Crippen LogP contribution in [0.15, 0.2) is 22.8 Å². The van der Waals surface area contributed by atoms with Crippen LogP contribution < -0.4 is 0 Å². The molecule has 0 radical (unpaired) electrons. The number of esters is 1. The fourth-order valence-corrected chi connectivity index (χ4v) is 1.98. The van der Waals surface area contributed by atoms with E-state index in [1.54, 1.807) is 0 Å². The first-order valence-corrected chi connectivity index (χ1v) is 5.85. The molecule has 1 aliphatic carbocycles. The highest BCUT2D eigenvalue weighted by molar-refractivity contribution is 5.92. The standard InChI is InChI=1S/C14H16O2/c1-11(13-9-10-16-14(13)15)7-8-12-5-3-2-4-6-12/h5H,2-4,6,9-10H2,1H3/b13-11+. The molecule has 1 fully saturated rings. The van der Waals surface area contributed by atoms with Crippen LogP contribution in [0.1, 0.15) is 39.0 Å². The van der Waals surface area contributed by atoms with Crippen LogP contribution in [-0.4, -0.2) is 12.6 Å². The zero-order valence-electron chi connectivity index (χ0n) is 9.64. The van der Waals surface area contributed by atoms with E-state index in [4.69, 9.17) is 4.74 Å². The molecule has 2 nitrogen and oxygen atoms in total. The van der Waals surface area contributed by atoms with Gasteiger partial charge in [0, 0.05) is 12.0 Å². The van der Waals surface area contributed by atoms with Crippen molar-refractivity contribution in [2.75, 3.05) is 6.61 Å². The van der Waals surface area contributed by atoms with Crippen LogP contribution in [0, 0.1) is 11.8 Å². The van der Waals surface area contributed by atoms with E-state index >= 15 is 0 Å². The molecular formula is C14H16O2. The zero-order valence-corrected chi connectivity index (χ0v) is 9.64. The molecule has 16 heavy (non-hydrogen) atoms. The van der Waals surface area contributed by atoms with Gasteiger partial charge in [-0.1, -0.05) is 17.9 Å². The summed E-state index contributed by atoms with van der Waals surface area (Å²) in [5.41, 5.74) is 2.84. The largest absolute Gasteiger partial charge is 0.462 e. The predicted molar refractivity (Wildman–Crippen MR) is 62.6 cm³/mol. The minimum Gasteiger partial charge on any atom is -0.462 e. The van der Waals surface area contributed by atoms with Gasteiger partial charge in [0.15, 0.2) is 0 Å². The summed E-state index contributed by atoms with van der Waals surface area (Å²) in [7, 11) is 0. The Morgan fingerprint density at radius 1 is 1.38 bits per heavy atom. The lowest BCUT2D eigenvalue weighted by molar-refractivity contribution is -0.135. The summed E-state index contributed by atoms with van der Waals surface area (Å²) in [6, 6.07) is 0. The molecule has 2 heteroatoms. The van der Waals surface area contributed by atoms with Crippen LogP contribution in [0.2, 0.25) is 0 Å². The van der Waals surface area contributed by atoms with Crippen molar-refractivity contribution in [3.8, 4) is 11.8 Å². The maximum atomic E-state index is 11.3. The number of allylic oxidation sites excluding steroid dienone is 3. The van der Waals surface area contributed by atoms with Crippen molar-refractivity contribution in [2.24, 2.45) is 0 Å². The Balaban J connectivity index is 2.12. The van der Waals surface area contributed by atoms with Gasteiger partial charge in [0.25, 0.3) is 0 Å². The van der Waals surface area contributed by atoms with Gasteiger partial charge in [-0.05, 0) is 38.2 Å². The molecule has 0 saturated carbocycles. The minimum absolute atomic E-state index is 0.190. The molecule has 0 aromatic rings. The Kier molecular flexibility index (Phi) is 3.46. The van der Waals surface area contributed by atoms with Gasteiger partial charge in [0.05, 0.1) is 12.2 Å². The lowest BCUT2D eigenvalue weighted by atomic mass is 9.99. The number of hydrogen-bond acceptors (Lipinski definition) is 2. The number of rotatable bonds is 0. The normalized spacial score (nSPS) is 23.1. The molecule has 0 spiro atoms. The van der Waals surface area contributed by atoms with E-state index in [-0.39, 0.29) is 5.97 Å². The van der Waals surface area contributed by atoms with E-state index in [0.717, 1.165) is 24.0 Å². The molecule has 0 N–H and O–H groups in total. The Morgan fingerprint density at radius 3 is 2.88 bits per heavy atom. The molecule has 1 heterocycles. The van der Waals surface area contributed by atoms with Crippen LogP contribution in [0.5, 0.6) is 0 Å². The van der Waals surface area contributed by atoms with Gasteiger partial charge in [0.2, 0.25) is 0 Å². The molecule has 0 aromatic carbocycles. The molecule has 0 bridgehead atoms. The average molecular weight is 216 g/mol. The number of carbonyl (C=O) groups excluding carboxylic acids is 1. The number of hydrogen-bond donors (Lipinski definition) is 0. The van der Waals surface area contributed by atoms with Crippen molar-refractivity contribution in [1.29, 1.82) is 0 Å². The van der Waals surface area contributed by atoms with Crippen LogP contribution in [0.25, 0.3) is 0 Å². The van der Waals surface area contributed by atoms with Gasteiger partial charge >= 0.3 is 5.97 Å². The van der Waals surface area contributed by atoms with Crippen molar-refractivity contribution >= 4 is 5.97 Å². The molecule has 1 aliphatic heterocycles. The van der Waals surface area contributed by atoms with Crippen LogP contribution >= 0.6 is 0 Å².